The van der Waals surface area contributed by atoms with Gasteiger partial charge in [0.2, 0.25) is 5.89 Å². The summed E-state index contributed by atoms with van der Waals surface area (Å²) in [4.78, 5) is 4.45. The van der Waals surface area contributed by atoms with Gasteiger partial charge in [0, 0.05) is 6.42 Å². The fraction of sp³-hybridized carbons (Fsp3) is 0.846. The Morgan fingerprint density at radius 2 is 2.06 bits per heavy atom. The second-order valence-electron chi connectivity index (χ2n) is 6.49. The van der Waals surface area contributed by atoms with Crippen molar-refractivity contribution in [2.45, 2.75) is 58.9 Å². The summed E-state index contributed by atoms with van der Waals surface area (Å²) in [7, 11) is 0. The van der Waals surface area contributed by atoms with Crippen LogP contribution in [0.5, 0.6) is 0 Å². The van der Waals surface area contributed by atoms with E-state index in [1.54, 1.807) is 0 Å². The molecule has 1 unspecified atom stereocenters. The maximum absolute atomic E-state index is 6.17. The number of nitrogens with zero attached hydrogens (tertiary/aromatic N) is 2. The first-order chi connectivity index (χ1) is 7.81. The number of aromatic nitrogens is 2. The number of rotatable bonds is 3. The summed E-state index contributed by atoms with van der Waals surface area (Å²) in [6.07, 6.45) is 3.94. The molecule has 4 nitrogen and oxygen atoms in total. The second-order valence-corrected chi connectivity index (χ2v) is 6.49. The van der Waals surface area contributed by atoms with Crippen molar-refractivity contribution < 1.29 is 4.52 Å². The van der Waals surface area contributed by atoms with Gasteiger partial charge < -0.3 is 10.3 Å². The van der Waals surface area contributed by atoms with Crippen LogP contribution >= 0.6 is 0 Å². The lowest BCUT2D eigenvalue weighted by atomic mass is 9.77. The van der Waals surface area contributed by atoms with Crippen LogP contribution in [0.2, 0.25) is 0 Å². The van der Waals surface area contributed by atoms with Gasteiger partial charge in [0.25, 0.3) is 0 Å². The normalized spacial score (nSPS) is 21.0. The number of hydrogen-bond donors (Lipinski definition) is 1. The molecule has 0 saturated heterocycles. The zero-order valence-corrected chi connectivity index (χ0v) is 11.3. The van der Waals surface area contributed by atoms with Gasteiger partial charge in [0.15, 0.2) is 5.82 Å². The van der Waals surface area contributed by atoms with E-state index < -0.39 is 0 Å². The molecule has 1 saturated carbocycles. The minimum Gasteiger partial charge on any atom is -0.339 e. The zero-order chi connectivity index (χ0) is 12.7. The van der Waals surface area contributed by atoms with E-state index in [-0.39, 0.29) is 11.0 Å². The molecular formula is C13H23N3O. The lowest BCUT2D eigenvalue weighted by Gasteiger charge is -2.34. The van der Waals surface area contributed by atoms with Crippen LogP contribution in [0.15, 0.2) is 4.52 Å². The molecule has 1 heterocycles. The maximum atomic E-state index is 6.17. The molecule has 96 valence electrons. The van der Waals surface area contributed by atoms with E-state index in [1.165, 1.54) is 6.42 Å². The van der Waals surface area contributed by atoms with Crippen LogP contribution in [0.1, 0.15) is 58.7 Å². The highest BCUT2D eigenvalue weighted by Crippen LogP contribution is 2.37. The van der Waals surface area contributed by atoms with Gasteiger partial charge in [-0.3, -0.25) is 0 Å². The largest absolute Gasteiger partial charge is 0.339 e. The highest BCUT2D eigenvalue weighted by Gasteiger charge is 2.39. The quantitative estimate of drug-likeness (QED) is 0.877. The van der Waals surface area contributed by atoms with Crippen molar-refractivity contribution in [2.75, 3.05) is 0 Å². The molecular weight excluding hydrogens is 214 g/mol. The Morgan fingerprint density at radius 1 is 1.41 bits per heavy atom. The van der Waals surface area contributed by atoms with Gasteiger partial charge in [-0.1, -0.05) is 32.9 Å². The smallest absolute Gasteiger partial charge is 0.227 e. The Kier molecular flexibility index (Phi) is 3.02. The molecule has 4 heteroatoms. The van der Waals surface area contributed by atoms with Crippen LogP contribution in [0.3, 0.4) is 0 Å². The second kappa shape index (κ2) is 4.09. The van der Waals surface area contributed by atoms with E-state index >= 15 is 0 Å². The van der Waals surface area contributed by atoms with Crippen LogP contribution in [-0.2, 0) is 12.0 Å². The van der Waals surface area contributed by atoms with E-state index in [0.717, 1.165) is 25.2 Å². The SMILES string of the molecule is CC(Cc1nc(C2(N)CCC2)no1)C(C)(C)C. The van der Waals surface area contributed by atoms with E-state index in [0.29, 0.717) is 11.7 Å². The van der Waals surface area contributed by atoms with Crippen molar-refractivity contribution in [3.8, 4) is 0 Å². The first-order valence-electron chi connectivity index (χ1n) is 6.43. The molecule has 1 atom stereocenters. The Balaban J connectivity index is 2.04. The summed E-state index contributed by atoms with van der Waals surface area (Å²) >= 11 is 0. The molecule has 1 aromatic heterocycles. The molecule has 1 aliphatic carbocycles. The monoisotopic (exact) mass is 237 g/mol. The predicted molar refractivity (Wildman–Crippen MR) is 66.3 cm³/mol. The van der Waals surface area contributed by atoms with E-state index in [9.17, 15) is 0 Å². The van der Waals surface area contributed by atoms with Crippen LogP contribution < -0.4 is 5.73 Å². The van der Waals surface area contributed by atoms with Crippen LogP contribution in [0.4, 0.5) is 0 Å². The summed E-state index contributed by atoms with van der Waals surface area (Å²) in [5.74, 6) is 1.92. The van der Waals surface area contributed by atoms with Crippen LogP contribution in [-0.4, -0.2) is 10.1 Å². The van der Waals surface area contributed by atoms with Gasteiger partial charge in [0.1, 0.15) is 0 Å². The molecule has 0 aromatic carbocycles. The number of nitrogens with two attached hydrogens (primary N) is 1. The fourth-order valence-electron chi connectivity index (χ4n) is 1.89. The van der Waals surface area contributed by atoms with E-state index in [4.69, 9.17) is 10.3 Å². The third-order valence-corrected chi connectivity index (χ3v) is 4.12. The van der Waals surface area contributed by atoms with E-state index in [1.807, 2.05) is 0 Å². The van der Waals surface area contributed by atoms with Gasteiger partial charge in [-0.05, 0) is 30.6 Å². The molecule has 0 aliphatic heterocycles. The fourth-order valence-corrected chi connectivity index (χ4v) is 1.89. The van der Waals surface area contributed by atoms with Crippen molar-refractivity contribution in [2.24, 2.45) is 17.1 Å². The first kappa shape index (κ1) is 12.6. The minimum atomic E-state index is -0.313. The van der Waals surface area contributed by atoms with Gasteiger partial charge in [-0.15, -0.1) is 0 Å². The summed E-state index contributed by atoms with van der Waals surface area (Å²) in [5, 5.41) is 4.03. The van der Waals surface area contributed by atoms with Crippen molar-refractivity contribution >= 4 is 0 Å². The lowest BCUT2D eigenvalue weighted by molar-refractivity contribution is 0.224. The van der Waals surface area contributed by atoms with Crippen molar-refractivity contribution in [1.82, 2.24) is 10.1 Å². The average molecular weight is 237 g/mol. The van der Waals surface area contributed by atoms with Crippen molar-refractivity contribution in [3.05, 3.63) is 11.7 Å². The molecule has 2 rings (SSSR count). The van der Waals surface area contributed by atoms with Crippen LogP contribution in [0.25, 0.3) is 0 Å². The molecule has 1 aromatic rings. The highest BCUT2D eigenvalue weighted by atomic mass is 16.5. The van der Waals surface area contributed by atoms with Crippen molar-refractivity contribution in [1.29, 1.82) is 0 Å². The molecule has 1 fully saturated rings. The Labute approximate surface area is 103 Å². The molecule has 0 spiro atoms. The van der Waals surface area contributed by atoms with Gasteiger partial charge in [0.05, 0.1) is 5.54 Å². The molecule has 2 N–H and O–H groups in total. The molecule has 0 amide bonds. The number of hydrogen-bond acceptors (Lipinski definition) is 4. The highest BCUT2D eigenvalue weighted by molar-refractivity contribution is 5.08. The lowest BCUT2D eigenvalue weighted by Crippen LogP contribution is -2.44. The van der Waals surface area contributed by atoms with Gasteiger partial charge in [-0.2, -0.15) is 4.98 Å². The third kappa shape index (κ3) is 2.51. The van der Waals surface area contributed by atoms with E-state index in [2.05, 4.69) is 37.8 Å². The van der Waals surface area contributed by atoms with Gasteiger partial charge >= 0.3 is 0 Å². The minimum absolute atomic E-state index is 0.255. The topological polar surface area (TPSA) is 64.9 Å². The Bertz CT molecular complexity index is 388. The Hall–Kier alpha value is -0.900. The van der Waals surface area contributed by atoms with Crippen LogP contribution in [0, 0.1) is 11.3 Å². The van der Waals surface area contributed by atoms with Crippen molar-refractivity contribution in [3.63, 3.8) is 0 Å². The average Bonchev–Trinajstić information content (AvgIpc) is 2.61. The summed E-state index contributed by atoms with van der Waals surface area (Å²) in [6.45, 7) is 8.90. The Morgan fingerprint density at radius 3 is 2.53 bits per heavy atom. The predicted octanol–water partition coefficient (Wildman–Crippen LogP) is 2.63. The first-order valence-corrected chi connectivity index (χ1v) is 6.43. The van der Waals surface area contributed by atoms with Gasteiger partial charge in [-0.25, -0.2) is 0 Å². The molecule has 1 aliphatic rings. The maximum Gasteiger partial charge on any atom is 0.227 e. The standard InChI is InChI=1S/C13H23N3O/c1-9(12(2,3)4)8-10-15-11(16-17-10)13(14)6-5-7-13/h9H,5-8,14H2,1-4H3. The molecule has 0 radical (unpaired) electrons. The third-order valence-electron chi connectivity index (χ3n) is 4.12. The summed E-state index contributed by atoms with van der Waals surface area (Å²) in [5.41, 5.74) is 6.11. The molecule has 0 bridgehead atoms. The molecule has 17 heavy (non-hydrogen) atoms. The zero-order valence-electron chi connectivity index (χ0n) is 11.3. The summed E-state index contributed by atoms with van der Waals surface area (Å²) in [6, 6.07) is 0. The summed E-state index contributed by atoms with van der Waals surface area (Å²) < 4.78 is 5.31.